The molecule has 0 spiro atoms. The molecule has 0 saturated heterocycles. The molecule has 2 aromatic rings. The van der Waals surface area contributed by atoms with Gasteiger partial charge in [0.1, 0.15) is 5.69 Å². The van der Waals surface area contributed by atoms with Crippen molar-refractivity contribution in [1.82, 2.24) is 10.3 Å². The highest BCUT2D eigenvalue weighted by Gasteiger charge is 2.07. The van der Waals surface area contributed by atoms with E-state index in [1.54, 1.807) is 6.07 Å². The van der Waals surface area contributed by atoms with Crippen LogP contribution in [0.4, 0.5) is 0 Å². The van der Waals surface area contributed by atoms with Gasteiger partial charge in [0, 0.05) is 18.3 Å². The molecular weight excluding hydrogens is 256 g/mol. The Kier molecular flexibility index (Phi) is 4.28. The zero-order valence-corrected chi connectivity index (χ0v) is 10.7. The van der Waals surface area contributed by atoms with E-state index >= 15 is 0 Å². The van der Waals surface area contributed by atoms with Crippen LogP contribution >= 0.6 is 0 Å². The number of oxime groups is 1. The van der Waals surface area contributed by atoms with Gasteiger partial charge in [-0.05, 0) is 17.7 Å². The van der Waals surface area contributed by atoms with E-state index in [4.69, 9.17) is 10.9 Å². The van der Waals surface area contributed by atoms with E-state index in [1.165, 1.54) is 12.3 Å². The smallest absolute Gasteiger partial charge is 0.270 e. The van der Waals surface area contributed by atoms with Crippen molar-refractivity contribution in [2.45, 2.75) is 6.54 Å². The number of benzene rings is 1. The van der Waals surface area contributed by atoms with E-state index in [0.717, 1.165) is 5.56 Å². The minimum absolute atomic E-state index is 0.0475. The van der Waals surface area contributed by atoms with Crippen LogP contribution in [0.2, 0.25) is 0 Å². The highest BCUT2D eigenvalue weighted by atomic mass is 16.4. The molecule has 1 aromatic carbocycles. The Hall–Kier alpha value is -2.89. The van der Waals surface area contributed by atoms with Crippen molar-refractivity contribution < 1.29 is 10.0 Å². The lowest BCUT2D eigenvalue weighted by atomic mass is 10.2. The first-order chi connectivity index (χ1) is 9.70. The van der Waals surface area contributed by atoms with Crippen molar-refractivity contribution in [2.24, 2.45) is 10.9 Å². The van der Waals surface area contributed by atoms with E-state index in [-0.39, 0.29) is 17.4 Å². The second-order valence-corrected chi connectivity index (χ2v) is 4.09. The normalized spacial score (nSPS) is 11.1. The molecular formula is C14H14N4O2. The first-order valence-corrected chi connectivity index (χ1v) is 5.97. The number of amides is 1. The van der Waals surface area contributed by atoms with Gasteiger partial charge in [0.25, 0.3) is 5.91 Å². The average molecular weight is 270 g/mol. The molecule has 1 amide bonds. The lowest BCUT2D eigenvalue weighted by molar-refractivity contribution is 0.0946. The van der Waals surface area contributed by atoms with E-state index in [0.29, 0.717) is 12.1 Å². The predicted octanol–water partition coefficient (Wildman–Crippen LogP) is 1.11. The number of amidine groups is 1. The number of nitrogens with one attached hydrogen (secondary N) is 1. The molecule has 0 bridgehead atoms. The quantitative estimate of drug-likeness (QED) is 0.335. The maximum atomic E-state index is 11.9. The average Bonchev–Trinajstić information content (AvgIpc) is 2.53. The van der Waals surface area contributed by atoms with Gasteiger partial charge < -0.3 is 16.3 Å². The van der Waals surface area contributed by atoms with Gasteiger partial charge in [-0.25, -0.2) is 0 Å². The molecule has 6 nitrogen and oxygen atoms in total. The number of carbonyl (C=O) groups excluding carboxylic acids is 1. The molecule has 20 heavy (non-hydrogen) atoms. The minimum Gasteiger partial charge on any atom is -0.409 e. The van der Waals surface area contributed by atoms with Crippen molar-refractivity contribution in [1.29, 1.82) is 0 Å². The molecule has 2 rings (SSSR count). The molecule has 6 heteroatoms. The topological polar surface area (TPSA) is 101 Å². The van der Waals surface area contributed by atoms with Crippen LogP contribution in [0.1, 0.15) is 21.6 Å². The number of carbonyl (C=O) groups is 1. The third-order valence-electron chi connectivity index (χ3n) is 2.70. The monoisotopic (exact) mass is 270 g/mol. The van der Waals surface area contributed by atoms with E-state index in [9.17, 15) is 4.79 Å². The summed E-state index contributed by atoms with van der Waals surface area (Å²) in [6, 6.07) is 12.7. The van der Waals surface area contributed by atoms with Crippen molar-refractivity contribution >= 4 is 11.7 Å². The Morgan fingerprint density at radius 2 is 2.00 bits per heavy atom. The molecule has 0 aliphatic heterocycles. The first kappa shape index (κ1) is 13.5. The van der Waals surface area contributed by atoms with Crippen LogP contribution < -0.4 is 11.1 Å². The van der Waals surface area contributed by atoms with Gasteiger partial charge in [0.05, 0.1) is 0 Å². The fourth-order valence-corrected chi connectivity index (χ4v) is 1.61. The van der Waals surface area contributed by atoms with Crippen LogP contribution in [0.25, 0.3) is 0 Å². The minimum atomic E-state index is -0.278. The summed E-state index contributed by atoms with van der Waals surface area (Å²) in [6.07, 6.45) is 1.38. The highest BCUT2D eigenvalue weighted by Crippen LogP contribution is 2.02. The highest BCUT2D eigenvalue weighted by molar-refractivity contribution is 5.98. The van der Waals surface area contributed by atoms with Crippen LogP contribution in [0.3, 0.4) is 0 Å². The Morgan fingerprint density at radius 1 is 1.25 bits per heavy atom. The van der Waals surface area contributed by atoms with E-state index in [1.807, 2.05) is 30.3 Å². The van der Waals surface area contributed by atoms with Crippen LogP contribution in [0.5, 0.6) is 0 Å². The van der Waals surface area contributed by atoms with Crippen LogP contribution in [-0.2, 0) is 6.54 Å². The summed E-state index contributed by atoms with van der Waals surface area (Å²) in [5, 5.41) is 14.2. The number of hydrogen-bond acceptors (Lipinski definition) is 4. The number of nitrogens with two attached hydrogens (primary N) is 1. The van der Waals surface area contributed by atoms with Gasteiger partial charge >= 0.3 is 0 Å². The van der Waals surface area contributed by atoms with E-state index < -0.39 is 0 Å². The molecule has 0 aliphatic rings. The summed E-state index contributed by atoms with van der Waals surface area (Å²) in [4.78, 5) is 15.9. The number of rotatable bonds is 4. The largest absolute Gasteiger partial charge is 0.409 e. The lowest BCUT2D eigenvalue weighted by Gasteiger charge is -2.05. The van der Waals surface area contributed by atoms with Crippen molar-refractivity contribution in [2.75, 3.05) is 0 Å². The molecule has 0 saturated carbocycles. The predicted molar refractivity (Wildman–Crippen MR) is 74.4 cm³/mol. The Labute approximate surface area is 115 Å². The number of hydrogen-bond donors (Lipinski definition) is 3. The summed E-state index contributed by atoms with van der Waals surface area (Å²) < 4.78 is 0. The van der Waals surface area contributed by atoms with Crippen LogP contribution in [-0.4, -0.2) is 21.9 Å². The summed E-state index contributed by atoms with van der Waals surface area (Å²) in [5.74, 6) is -0.325. The van der Waals surface area contributed by atoms with Gasteiger partial charge in [-0.3, -0.25) is 9.78 Å². The zero-order valence-electron chi connectivity index (χ0n) is 10.7. The van der Waals surface area contributed by atoms with Crippen molar-refractivity contribution in [3.05, 3.63) is 65.5 Å². The Balaban J connectivity index is 1.99. The molecule has 0 atom stereocenters. The van der Waals surface area contributed by atoms with Gasteiger partial charge in [0.2, 0.25) is 0 Å². The fraction of sp³-hybridized carbons (Fsp3) is 0.0714. The standard InChI is InChI=1S/C14H14N4O2/c15-13(18-20)11-6-7-12(16-9-11)14(19)17-8-10-4-2-1-3-5-10/h1-7,9,20H,8H2,(H2,15,18)(H,17,19). The Morgan fingerprint density at radius 3 is 2.60 bits per heavy atom. The summed E-state index contributed by atoms with van der Waals surface area (Å²) >= 11 is 0. The van der Waals surface area contributed by atoms with Gasteiger partial charge in [-0.1, -0.05) is 35.5 Å². The zero-order chi connectivity index (χ0) is 14.4. The second-order valence-electron chi connectivity index (χ2n) is 4.09. The van der Waals surface area contributed by atoms with Crippen molar-refractivity contribution in [3.63, 3.8) is 0 Å². The molecule has 4 N–H and O–H groups in total. The van der Waals surface area contributed by atoms with Crippen LogP contribution in [0.15, 0.2) is 53.8 Å². The van der Waals surface area contributed by atoms with Crippen molar-refractivity contribution in [3.8, 4) is 0 Å². The molecule has 0 fully saturated rings. The fourth-order valence-electron chi connectivity index (χ4n) is 1.61. The maximum absolute atomic E-state index is 11.9. The second kappa shape index (κ2) is 6.33. The third kappa shape index (κ3) is 3.32. The molecule has 0 aliphatic carbocycles. The van der Waals surface area contributed by atoms with Gasteiger partial charge in [-0.2, -0.15) is 0 Å². The summed E-state index contributed by atoms with van der Waals surface area (Å²) in [7, 11) is 0. The molecule has 0 radical (unpaired) electrons. The number of nitrogens with zero attached hydrogens (tertiary/aromatic N) is 2. The maximum Gasteiger partial charge on any atom is 0.270 e. The van der Waals surface area contributed by atoms with Gasteiger partial charge in [-0.15, -0.1) is 0 Å². The first-order valence-electron chi connectivity index (χ1n) is 5.97. The SMILES string of the molecule is NC(=NO)c1ccc(C(=O)NCc2ccccc2)nc1. The molecule has 102 valence electrons. The van der Waals surface area contributed by atoms with Gasteiger partial charge in [0.15, 0.2) is 5.84 Å². The third-order valence-corrected chi connectivity index (χ3v) is 2.70. The molecule has 1 heterocycles. The van der Waals surface area contributed by atoms with Crippen LogP contribution in [0, 0.1) is 0 Å². The number of aromatic nitrogens is 1. The lowest BCUT2D eigenvalue weighted by Crippen LogP contribution is -2.24. The summed E-state index contributed by atoms with van der Waals surface area (Å²) in [6.45, 7) is 0.434. The molecule has 1 aromatic heterocycles. The summed E-state index contributed by atoms with van der Waals surface area (Å²) in [5.41, 5.74) is 7.15. The Bertz CT molecular complexity index is 609. The number of pyridine rings is 1. The van der Waals surface area contributed by atoms with E-state index in [2.05, 4.69) is 15.5 Å². The molecule has 0 unspecified atom stereocenters.